The van der Waals surface area contributed by atoms with Gasteiger partial charge >= 0.3 is 5.97 Å². The van der Waals surface area contributed by atoms with Gasteiger partial charge in [0.2, 0.25) is 16.0 Å². The Balaban J connectivity index is 1.99. The van der Waals surface area contributed by atoms with Crippen LogP contribution in [0.25, 0.3) is 0 Å². The van der Waals surface area contributed by atoms with Crippen molar-refractivity contribution in [3.05, 3.63) is 18.0 Å². The summed E-state index contributed by atoms with van der Waals surface area (Å²) in [5, 5.41) is 8.66. The Hall–Kier alpha value is -1.74. The first-order valence-corrected chi connectivity index (χ1v) is 7.94. The van der Waals surface area contributed by atoms with Crippen LogP contribution >= 0.6 is 0 Å². The van der Waals surface area contributed by atoms with Crippen molar-refractivity contribution in [3.63, 3.8) is 0 Å². The van der Waals surface area contributed by atoms with Gasteiger partial charge in [0.15, 0.2) is 0 Å². The molecule has 1 aliphatic rings. The molecule has 0 unspecified atom stereocenters. The predicted molar refractivity (Wildman–Crippen MR) is 72.0 cm³/mol. The summed E-state index contributed by atoms with van der Waals surface area (Å²) in [6.45, 7) is 1.84. The van der Waals surface area contributed by atoms with Crippen molar-refractivity contribution in [1.29, 1.82) is 0 Å². The zero-order chi connectivity index (χ0) is 14.8. The molecule has 2 rings (SSSR count). The summed E-state index contributed by atoms with van der Waals surface area (Å²) in [6.07, 6.45) is 4.06. The van der Waals surface area contributed by atoms with E-state index in [-0.39, 0.29) is 6.42 Å². The number of carboxylic acid groups (broad SMARTS) is 1. The fraction of sp³-hybridized carbons (Fsp3) is 0.545. The molecule has 20 heavy (non-hydrogen) atoms. The van der Waals surface area contributed by atoms with Crippen LogP contribution in [0, 0.1) is 0 Å². The van der Waals surface area contributed by atoms with Gasteiger partial charge in [-0.3, -0.25) is 4.79 Å². The van der Waals surface area contributed by atoms with Gasteiger partial charge in [-0.1, -0.05) is 0 Å². The van der Waals surface area contributed by atoms with Gasteiger partial charge in [0.25, 0.3) is 0 Å². The van der Waals surface area contributed by atoms with Crippen LogP contribution in [0.1, 0.15) is 5.56 Å². The van der Waals surface area contributed by atoms with E-state index < -0.39 is 16.0 Å². The number of sulfonamides is 1. The van der Waals surface area contributed by atoms with Crippen molar-refractivity contribution in [3.8, 4) is 0 Å². The summed E-state index contributed by atoms with van der Waals surface area (Å²) >= 11 is 0. The summed E-state index contributed by atoms with van der Waals surface area (Å²) in [5.41, 5.74) is 0.538. The molecule has 8 nitrogen and oxygen atoms in total. The normalized spacial score (nSPS) is 17.1. The minimum absolute atomic E-state index is 0.109. The third-order valence-corrected chi connectivity index (χ3v) is 4.34. The molecule has 1 aromatic rings. The highest BCUT2D eigenvalue weighted by atomic mass is 32.2. The van der Waals surface area contributed by atoms with Crippen molar-refractivity contribution in [2.75, 3.05) is 37.3 Å². The Morgan fingerprint density at radius 2 is 1.80 bits per heavy atom. The van der Waals surface area contributed by atoms with E-state index >= 15 is 0 Å². The lowest BCUT2D eigenvalue weighted by molar-refractivity contribution is -0.136. The Bertz CT molecular complexity index is 579. The van der Waals surface area contributed by atoms with Gasteiger partial charge in [-0.15, -0.1) is 0 Å². The summed E-state index contributed by atoms with van der Waals surface area (Å²) in [4.78, 5) is 20.7. The van der Waals surface area contributed by atoms with E-state index in [4.69, 9.17) is 5.11 Å². The molecule has 0 aromatic carbocycles. The minimum atomic E-state index is -3.15. The second kappa shape index (κ2) is 5.71. The summed E-state index contributed by atoms with van der Waals surface area (Å²) in [5.74, 6) is -0.435. The van der Waals surface area contributed by atoms with Crippen LogP contribution in [0.15, 0.2) is 12.4 Å². The molecule has 0 bridgehead atoms. The first-order chi connectivity index (χ1) is 9.36. The van der Waals surface area contributed by atoms with Crippen LogP contribution in [-0.4, -0.2) is 66.2 Å². The molecule has 1 N–H and O–H groups in total. The molecule has 2 heterocycles. The predicted octanol–water partition coefficient (Wildman–Crippen LogP) is -0.815. The topological polar surface area (TPSA) is 104 Å². The van der Waals surface area contributed by atoms with Crippen LogP contribution in [0.4, 0.5) is 5.95 Å². The Morgan fingerprint density at radius 3 is 2.25 bits per heavy atom. The van der Waals surface area contributed by atoms with E-state index in [1.165, 1.54) is 23.0 Å². The van der Waals surface area contributed by atoms with E-state index in [1.807, 2.05) is 4.90 Å². The molecule has 0 saturated carbocycles. The molecule has 9 heteroatoms. The highest BCUT2D eigenvalue weighted by Gasteiger charge is 2.24. The molecule has 1 aliphatic heterocycles. The van der Waals surface area contributed by atoms with E-state index in [9.17, 15) is 13.2 Å². The third-order valence-electron chi connectivity index (χ3n) is 3.04. The maximum Gasteiger partial charge on any atom is 0.307 e. The fourth-order valence-corrected chi connectivity index (χ4v) is 2.82. The standard InChI is InChI=1S/C11H16N4O4S/c1-20(18,19)15-4-2-14(3-5-15)11-12-7-9(8-13-11)6-10(16)17/h7-8H,2-6H2,1H3,(H,16,17). The zero-order valence-corrected chi connectivity index (χ0v) is 11.9. The van der Waals surface area contributed by atoms with E-state index in [0.29, 0.717) is 37.7 Å². The molecular weight excluding hydrogens is 284 g/mol. The lowest BCUT2D eigenvalue weighted by Crippen LogP contribution is -2.48. The quantitative estimate of drug-likeness (QED) is 0.775. The van der Waals surface area contributed by atoms with E-state index in [1.54, 1.807) is 0 Å². The number of piperazine rings is 1. The zero-order valence-electron chi connectivity index (χ0n) is 11.1. The van der Waals surface area contributed by atoms with Gasteiger partial charge in [-0.2, -0.15) is 4.31 Å². The number of carboxylic acids is 1. The van der Waals surface area contributed by atoms with Gasteiger partial charge in [0.1, 0.15) is 0 Å². The van der Waals surface area contributed by atoms with E-state index in [2.05, 4.69) is 9.97 Å². The van der Waals surface area contributed by atoms with Crippen LogP contribution in [0.5, 0.6) is 0 Å². The van der Waals surface area contributed by atoms with Crippen molar-refractivity contribution in [2.24, 2.45) is 0 Å². The second-order valence-corrected chi connectivity index (χ2v) is 6.59. The number of anilines is 1. The highest BCUT2D eigenvalue weighted by molar-refractivity contribution is 7.88. The first kappa shape index (κ1) is 14.7. The van der Waals surface area contributed by atoms with Crippen LogP contribution in [0.3, 0.4) is 0 Å². The second-order valence-electron chi connectivity index (χ2n) is 4.61. The molecular formula is C11H16N4O4S. The number of aliphatic carboxylic acids is 1. The lowest BCUT2D eigenvalue weighted by atomic mass is 10.2. The van der Waals surface area contributed by atoms with Crippen molar-refractivity contribution >= 4 is 21.9 Å². The summed E-state index contributed by atoms with van der Waals surface area (Å²) < 4.78 is 24.2. The molecule has 0 radical (unpaired) electrons. The number of hydrogen-bond donors (Lipinski definition) is 1. The SMILES string of the molecule is CS(=O)(=O)N1CCN(c2ncc(CC(=O)O)cn2)CC1. The molecule has 1 fully saturated rings. The van der Waals surface area contributed by atoms with Gasteiger partial charge in [-0.05, 0) is 0 Å². The van der Waals surface area contributed by atoms with E-state index in [0.717, 1.165) is 0 Å². The molecule has 1 saturated heterocycles. The Morgan fingerprint density at radius 1 is 1.25 bits per heavy atom. The molecule has 1 aromatic heterocycles. The summed E-state index contributed by atoms with van der Waals surface area (Å²) in [7, 11) is -3.15. The third kappa shape index (κ3) is 3.64. The molecule has 0 aliphatic carbocycles. The number of nitrogens with zero attached hydrogens (tertiary/aromatic N) is 4. The van der Waals surface area contributed by atoms with Gasteiger partial charge < -0.3 is 10.0 Å². The van der Waals surface area contributed by atoms with Crippen molar-refractivity contribution in [1.82, 2.24) is 14.3 Å². The Kier molecular flexibility index (Phi) is 4.19. The summed E-state index contributed by atoms with van der Waals surface area (Å²) in [6, 6.07) is 0. The van der Waals surface area contributed by atoms with Crippen LogP contribution in [-0.2, 0) is 21.2 Å². The largest absolute Gasteiger partial charge is 0.481 e. The maximum absolute atomic E-state index is 11.4. The maximum atomic E-state index is 11.4. The first-order valence-electron chi connectivity index (χ1n) is 6.09. The number of rotatable bonds is 4. The van der Waals surface area contributed by atoms with Crippen molar-refractivity contribution in [2.45, 2.75) is 6.42 Å². The molecule has 0 atom stereocenters. The monoisotopic (exact) mass is 300 g/mol. The van der Waals surface area contributed by atoms with Gasteiger partial charge in [0.05, 0.1) is 12.7 Å². The highest BCUT2D eigenvalue weighted by Crippen LogP contribution is 2.12. The lowest BCUT2D eigenvalue weighted by Gasteiger charge is -2.33. The van der Waals surface area contributed by atoms with Crippen LogP contribution in [0.2, 0.25) is 0 Å². The molecule has 110 valence electrons. The number of aromatic nitrogens is 2. The number of hydrogen-bond acceptors (Lipinski definition) is 6. The van der Waals surface area contributed by atoms with Gasteiger partial charge in [0, 0.05) is 44.1 Å². The fourth-order valence-electron chi connectivity index (χ4n) is 2.00. The number of carbonyl (C=O) groups is 1. The van der Waals surface area contributed by atoms with Gasteiger partial charge in [-0.25, -0.2) is 18.4 Å². The van der Waals surface area contributed by atoms with Crippen LogP contribution < -0.4 is 4.90 Å². The Labute approximate surface area is 117 Å². The minimum Gasteiger partial charge on any atom is -0.481 e. The smallest absolute Gasteiger partial charge is 0.307 e. The van der Waals surface area contributed by atoms with Crippen molar-refractivity contribution < 1.29 is 18.3 Å². The average molecular weight is 300 g/mol. The molecule has 0 amide bonds. The molecule has 0 spiro atoms. The average Bonchev–Trinajstić information content (AvgIpc) is 2.38.